The lowest BCUT2D eigenvalue weighted by Crippen LogP contribution is -2.05. The van der Waals surface area contributed by atoms with E-state index < -0.39 is 18.2 Å². The van der Waals surface area contributed by atoms with E-state index in [1.165, 1.54) is 0 Å². The van der Waals surface area contributed by atoms with Crippen LogP contribution in [0.25, 0.3) is 0 Å². The summed E-state index contributed by atoms with van der Waals surface area (Å²) in [7, 11) is 0. The van der Waals surface area contributed by atoms with E-state index in [0.29, 0.717) is 11.4 Å². The summed E-state index contributed by atoms with van der Waals surface area (Å²) in [4.78, 5) is 0. The second kappa shape index (κ2) is 6.21. The number of nitrogens with one attached hydrogen (secondary N) is 1. The highest BCUT2D eigenvalue weighted by Crippen LogP contribution is 2.31. The van der Waals surface area contributed by atoms with Gasteiger partial charge in [-0.25, -0.2) is 4.39 Å². The van der Waals surface area contributed by atoms with E-state index in [9.17, 15) is 13.2 Å². The van der Waals surface area contributed by atoms with E-state index in [0.717, 1.165) is 15.7 Å². The summed E-state index contributed by atoms with van der Waals surface area (Å²) in [6, 6.07) is 9.37. The van der Waals surface area contributed by atoms with Gasteiger partial charge in [0.1, 0.15) is 0 Å². The lowest BCUT2D eigenvalue weighted by atomic mass is 10.2. The molecule has 0 aromatic heterocycles. The molecule has 0 heterocycles. The average Bonchev–Trinajstić information content (AvgIpc) is 2.34. The van der Waals surface area contributed by atoms with Gasteiger partial charge in [-0.05, 0) is 40.8 Å². The van der Waals surface area contributed by atoms with Crippen LogP contribution in [0.3, 0.4) is 0 Å². The molecule has 0 aliphatic heterocycles. The normalized spacial score (nSPS) is 10.7. The molecular formula is C13H10F3IN2O. The van der Waals surface area contributed by atoms with Crippen LogP contribution < -0.4 is 15.8 Å². The lowest BCUT2D eigenvalue weighted by molar-refractivity contribution is -0.0521. The number of benzene rings is 2. The fourth-order valence-corrected chi connectivity index (χ4v) is 2.13. The number of rotatable bonds is 4. The lowest BCUT2D eigenvalue weighted by Gasteiger charge is -2.13. The summed E-state index contributed by atoms with van der Waals surface area (Å²) in [5.74, 6) is -1.49. The first-order valence-corrected chi connectivity index (χ1v) is 6.60. The Morgan fingerprint density at radius 3 is 2.60 bits per heavy atom. The standard InChI is InChI=1S/C13H10F3IN2O/c14-9-5-10(18)11(6-12(9)20-13(15)16)19-8-3-1-2-7(17)4-8/h1-6,13,19H,18H2. The molecule has 0 spiro atoms. The first-order chi connectivity index (χ1) is 9.45. The average molecular weight is 394 g/mol. The van der Waals surface area contributed by atoms with Crippen molar-refractivity contribution in [3.8, 4) is 5.75 Å². The van der Waals surface area contributed by atoms with Crippen molar-refractivity contribution in [3.63, 3.8) is 0 Å². The van der Waals surface area contributed by atoms with Crippen molar-refractivity contribution >= 4 is 39.7 Å². The second-order valence-corrected chi connectivity index (χ2v) is 5.13. The van der Waals surface area contributed by atoms with Crippen LogP contribution in [0.15, 0.2) is 36.4 Å². The first-order valence-electron chi connectivity index (χ1n) is 5.52. The molecule has 0 atom stereocenters. The van der Waals surface area contributed by atoms with Gasteiger partial charge in [0.05, 0.1) is 11.4 Å². The molecule has 3 nitrogen and oxygen atoms in total. The molecule has 7 heteroatoms. The van der Waals surface area contributed by atoms with Crippen LogP contribution in [0, 0.1) is 9.39 Å². The highest BCUT2D eigenvalue weighted by molar-refractivity contribution is 14.1. The molecule has 106 valence electrons. The van der Waals surface area contributed by atoms with Crippen molar-refractivity contribution in [2.45, 2.75) is 6.61 Å². The predicted octanol–water partition coefficient (Wildman–Crippen LogP) is 4.36. The van der Waals surface area contributed by atoms with Crippen LogP contribution in [-0.4, -0.2) is 6.61 Å². The molecule has 20 heavy (non-hydrogen) atoms. The van der Waals surface area contributed by atoms with Crippen molar-refractivity contribution in [1.82, 2.24) is 0 Å². The zero-order chi connectivity index (χ0) is 14.7. The smallest absolute Gasteiger partial charge is 0.387 e. The molecular weight excluding hydrogens is 384 g/mol. The monoisotopic (exact) mass is 394 g/mol. The number of anilines is 3. The molecule has 0 saturated carbocycles. The van der Waals surface area contributed by atoms with Gasteiger partial charge in [0.25, 0.3) is 0 Å². The van der Waals surface area contributed by atoms with Gasteiger partial charge in [-0.1, -0.05) is 6.07 Å². The van der Waals surface area contributed by atoms with Crippen molar-refractivity contribution in [1.29, 1.82) is 0 Å². The van der Waals surface area contributed by atoms with Crippen molar-refractivity contribution in [3.05, 3.63) is 45.8 Å². The zero-order valence-corrected chi connectivity index (χ0v) is 12.2. The maximum atomic E-state index is 13.4. The molecule has 0 aliphatic rings. The molecule has 0 bridgehead atoms. The minimum absolute atomic E-state index is 0.1000. The van der Waals surface area contributed by atoms with Gasteiger partial charge in [-0.15, -0.1) is 0 Å². The third-order valence-corrected chi connectivity index (χ3v) is 3.09. The molecule has 0 aliphatic carbocycles. The maximum Gasteiger partial charge on any atom is 0.387 e. The summed E-state index contributed by atoms with van der Waals surface area (Å²) >= 11 is 2.13. The number of alkyl halides is 2. The van der Waals surface area contributed by atoms with Gasteiger partial charge >= 0.3 is 6.61 Å². The molecule has 0 saturated heterocycles. The maximum absolute atomic E-state index is 13.4. The molecule has 0 amide bonds. The number of ether oxygens (including phenoxy) is 1. The van der Waals surface area contributed by atoms with Crippen LogP contribution in [-0.2, 0) is 0 Å². The summed E-state index contributed by atoms with van der Waals surface area (Å²) in [5, 5.41) is 2.93. The molecule has 0 radical (unpaired) electrons. The van der Waals surface area contributed by atoms with Crippen molar-refractivity contribution in [2.75, 3.05) is 11.1 Å². The van der Waals surface area contributed by atoms with Gasteiger partial charge in [0.15, 0.2) is 11.6 Å². The molecule has 0 unspecified atom stereocenters. The first kappa shape index (κ1) is 14.8. The Morgan fingerprint density at radius 1 is 1.20 bits per heavy atom. The highest BCUT2D eigenvalue weighted by Gasteiger charge is 2.13. The highest BCUT2D eigenvalue weighted by atomic mass is 127. The summed E-state index contributed by atoms with van der Waals surface area (Å²) in [6.45, 7) is -3.10. The minimum Gasteiger partial charge on any atom is -0.432 e. The van der Waals surface area contributed by atoms with Gasteiger partial charge in [-0.2, -0.15) is 8.78 Å². The number of nitrogens with two attached hydrogens (primary N) is 1. The fraction of sp³-hybridized carbons (Fsp3) is 0.0769. The van der Waals surface area contributed by atoms with Gasteiger partial charge in [0.2, 0.25) is 0 Å². The molecule has 3 N–H and O–H groups in total. The summed E-state index contributed by atoms with van der Waals surface area (Å²) < 4.78 is 42.8. The minimum atomic E-state index is -3.10. The SMILES string of the molecule is Nc1cc(F)c(OC(F)F)cc1Nc1cccc(I)c1. The topological polar surface area (TPSA) is 47.3 Å². The van der Waals surface area contributed by atoms with Crippen LogP contribution in [0.5, 0.6) is 5.75 Å². The summed E-state index contributed by atoms with van der Waals surface area (Å²) in [6.07, 6.45) is 0. The van der Waals surface area contributed by atoms with Crippen molar-refractivity contribution < 1.29 is 17.9 Å². The van der Waals surface area contributed by atoms with E-state index in [-0.39, 0.29) is 5.69 Å². The number of hydrogen-bond acceptors (Lipinski definition) is 3. The number of hydrogen-bond donors (Lipinski definition) is 2. The third-order valence-electron chi connectivity index (χ3n) is 2.42. The van der Waals surface area contributed by atoms with E-state index in [4.69, 9.17) is 5.73 Å². The largest absolute Gasteiger partial charge is 0.432 e. The van der Waals surface area contributed by atoms with Crippen LogP contribution in [0.4, 0.5) is 30.2 Å². The van der Waals surface area contributed by atoms with Crippen molar-refractivity contribution in [2.24, 2.45) is 0 Å². The van der Waals surface area contributed by atoms with Crippen LogP contribution >= 0.6 is 22.6 Å². The number of nitrogen functional groups attached to an aromatic ring is 1. The Balaban J connectivity index is 2.31. The molecule has 0 fully saturated rings. The Kier molecular flexibility index (Phi) is 4.58. The second-order valence-electron chi connectivity index (χ2n) is 3.88. The van der Waals surface area contributed by atoms with Gasteiger partial charge in [-0.3, -0.25) is 0 Å². The molecule has 2 aromatic carbocycles. The number of halogens is 4. The Bertz CT molecular complexity index is 623. The van der Waals surface area contributed by atoms with E-state index in [1.54, 1.807) is 6.07 Å². The third kappa shape index (κ3) is 3.69. The van der Waals surface area contributed by atoms with E-state index >= 15 is 0 Å². The Hall–Kier alpha value is -1.64. The zero-order valence-electron chi connectivity index (χ0n) is 10.0. The van der Waals surface area contributed by atoms with Crippen LogP contribution in [0.2, 0.25) is 0 Å². The van der Waals surface area contributed by atoms with Gasteiger partial charge in [0, 0.05) is 21.4 Å². The molecule has 2 aromatic rings. The van der Waals surface area contributed by atoms with Crippen LogP contribution in [0.1, 0.15) is 0 Å². The van der Waals surface area contributed by atoms with E-state index in [2.05, 4.69) is 32.6 Å². The van der Waals surface area contributed by atoms with E-state index in [1.807, 2.05) is 18.2 Å². The Morgan fingerprint density at radius 2 is 1.95 bits per heavy atom. The van der Waals surface area contributed by atoms with Gasteiger partial charge < -0.3 is 15.8 Å². The fourth-order valence-electron chi connectivity index (χ4n) is 1.59. The Labute approximate surface area is 127 Å². The predicted molar refractivity (Wildman–Crippen MR) is 79.9 cm³/mol. The molecule has 2 rings (SSSR count). The quantitative estimate of drug-likeness (QED) is 0.599. The summed E-state index contributed by atoms with van der Waals surface area (Å²) in [5.41, 5.74) is 6.76.